The minimum Gasteiger partial charge on any atom is -0.362 e. The van der Waals surface area contributed by atoms with Gasteiger partial charge in [0.1, 0.15) is 6.29 Å². The van der Waals surface area contributed by atoms with Crippen LogP contribution >= 0.6 is 0 Å². The van der Waals surface area contributed by atoms with Gasteiger partial charge in [0, 0.05) is 30.9 Å². The van der Waals surface area contributed by atoms with Crippen LogP contribution in [0.15, 0.2) is 42.5 Å². The van der Waals surface area contributed by atoms with Crippen LogP contribution in [0.4, 0.5) is 5.69 Å². The number of carbonyl (C=O) groups is 1. The van der Waals surface area contributed by atoms with E-state index < -0.39 is 0 Å². The molecule has 4 rings (SSSR count). The van der Waals surface area contributed by atoms with Crippen molar-refractivity contribution in [3.8, 4) is 0 Å². The van der Waals surface area contributed by atoms with Gasteiger partial charge in [-0.3, -0.25) is 4.79 Å². The lowest BCUT2D eigenvalue weighted by Gasteiger charge is -2.41. The Hall–Kier alpha value is -2.13. The molecule has 22 heavy (non-hydrogen) atoms. The molecule has 0 bridgehead atoms. The Morgan fingerprint density at radius 1 is 1.09 bits per heavy atom. The smallest absolute Gasteiger partial charge is 0.150 e. The van der Waals surface area contributed by atoms with Gasteiger partial charge >= 0.3 is 0 Å². The molecule has 2 aromatic rings. The maximum atomic E-state index is 11.1. The Morgan fingerprint density at radius 3 is 2.82 bits per heavy atom. The number of aldehydes is 1. The van der Waals surface area contributed by atoms with Crippen LogP contribution in [0, 0.1) is 0 Å². The van der Waals surface area contributed by atoms with Crippen LogP contribution in [0.2, 0.25) is 0 Å². The van der Waals surface area contributed by atoms with Gasteiger partial charge < -0.3 is 9.80 Å². The van der Waals surface area contributed by atoms with Gasteiger partial charge in [0.05, 0.1) is 6.04 Å². The second kappa shape index (κ2) is 5.25. The average molecular weight is 292 g/mol. The molecule has 1 saturated heterocycles. The highest BCUT2D eigenvalue weighted by molar-refractivity contribution is 5.77. The van der Waals surface area contributed by atoms with Gasteiger partial charge in [0.2, 0.25) is 0 Å². The van der Waals surface area contributed by atoms with Crippen molar-refractivity contribution in [3.63, 3.8) is 0 Å². The first-order chi connectivity index (χ1) is 10.8. The Balaban J connectivity index is 1.90. The van der Waals surface area contributed by atoms with Crippen LogP contribution in [0.25, 0.3) is 0 Å². The van der Waals surface area contributed by atoms with Crippen molar-refractivity contribution in [2.24, 2.45) is 0 Å². The molecule has 3 nitrogen and oxygen atoms in total. The molecule has 0 aromatic heterocycles. The molecule has 0 aliphatic carbocycles. The zero-order valence-electron chi connectivity index (χ0n) is 12.8. The average Bonchev–Trinajstić information content (AvgIpc) is 2.68. The first kappa shape index (κ1) is 13.5. The van der Waals surface area contributed by atoms with Crippen molar-refractivity contribution in [2.75, 3.05) is 31.6 Å². The molecule has 0 amide bonds. The summed E-state index contributed by atoms with van der Waals surface area (Å²) in [6, 6.07) is 15.3. The maximum Gasteiger partial charge on any atom is 0.150 e. The number of benzene rings is 2. The molecule has 2 aliphatic rings. The van der Waals surface area contributed by atoms with Crippen LogP contribution in [0.3, 0.4) is 0 Å². The number of nitrogens with zero attached hydrogens (tertiary/aromatic N) is 2. The first-order valence-electron chi connectivity index (χ1n) is 7.87. The summed E-state index contributed by atoms with van der Waals surface area (Å²) in [5.74, 6) is 0. The summed E-state index contributed by atoms with van der Waals surface area (Å²) in [7, 11) is 2.20. The number of hydrogen-bond acceptors (Lipinski definition) is 3. The van der Waals surface area contributed by atoms with E-state index in [0.717, 1.165) is 37.9 Å². The third kappa shape index (κ3) is 2.13. The van der Waals surface area contributed by atoms with Crippen molar-refractivity contribution < 1.29 is 4.79 Å². The molecule has 112 valence electrons. The van der Waals surface area contributed by atoms with Gasteiger partial charge in [-0.25, -0.2) is 0 Å². The summed E-state index contributed by atoms with van der Waals surface area (Å²) in [5.41, 5.74) is 6.14. The number of piperazine rings is 1. The predicted octanol–water partition coefficient (Wildman–Crippen LogP) is 2.90. The molecule has 2 aliphatic heterocycles. The quantitative estimate of drug-likeness (QED) is 0.755. The van der Waals surface area contributed by atoms with E-state index in [9.17, 15) is 4.79 Å². The highest BCUT2D eigenvalue weighted by Gasteiger charge is 2.32. The van der Waals surface area contributed by atoms with E-state index in [1.54, 1.807) is 0 Å². The van der Waals surface area contributed by atoms with E-state index in [1.165, 1.54) is 22.4 Å². The second-order valence-corrected chi connectivity index (χ2v) is 6.35. The van der Waals surface area contributed by atoms with Crippen LogP contribution < -0.4 is 4.90 Å². The van der Waals surface area contributed by atoms with Gasteiger partial charge in [-0.1, -0.05) is 24.3 Å². The van der Waals surface area contributed by atoms with Gasteiger partial charge in [0.15, 0.2) is 0 Å². The number of anilines is 1. The summed E-state index contributed by atoms with van der Waals surface area (Å²) >= 11 is 0. The number of carbonyl (C=O) groups excluding carboxylic acids is 1. The Morgan fingerprint density at radius 2 is 1.95 bits per heavy atom. The van der Waals surface area contributed by atoms with Gasteiger partial charge in [-0.05, 0) is 48.4 Å². The summed E-state index contributed by atoms with van der Waals surface area (Å²) in [6.07, 6.45) is 1.85. The van der Waals surface area contributed by atoms with Crippen molar-refractivity contribution in [3.05, 3.63) is 64.7 Å². The lowest BCUT2D eigenvalue weighted by atomic mass is 9.96. The minimum absolute atomic E-state index is 0.401. The second-order valence-electron chi connectivity index (χ2n) is 6.35. The fourth-order valence-corrected chi connectivity index (χ4v) is 3.80. The molecule has 0 radical (unpaired) electrons. The number of rotatable bonds is 1. The van der Waals surface area contributed by atoms with E-state index in [1.807, 2.05) is 6.07 Å². The Bertz CT molecular complexity index is 725. The maximum absolute atomic E-state index is 11.1. The molecule has 0 N–H and O–H groups in total. The summed E-state index contributed by atoms with van der Waals surface area (Å²) in [4.78, 5) is 16.1. The number of hydrogen-bond donors (Lipinski definition) is 0. The lowest BCUT2D eigenvalue weighted by Crippen LogP contribution is -2.46. The topological polar surface area (TPSA) is 23.6 Å². The van der Waals surface area contributed by atoms with E-state index in [4.69, 9.17) is 0 Å². The fourth-order valence-electron chi connectivity index (χ4n) is 3.80. The SMILES string of the molecule is CN1CCN2c3ccc(C=O)cc3Cc3ccccc3C2C1. The van der Waals surface area contributed by atoms with Crippen molar-refractivity contribution in [1.29, 1.82) is 0 Å². The van der Waals surface area contributed by atoms with Crippen LogP contribution in [-0.2, 0) is 6.42 Å². The molecule has 2 aromatic carbocycles. The van der Waals surface area contributed by atoms with E-state index in [-0.39, 0.29) is 0 Å². The number of fused-ring (bicyclic) bond motifs is 5. The molecule has 1 unspecified atom stereocenters. The summed E-state index contributed by atoms with van der Waals surface area (Å²) in [5, 5.41) is 0. The van der Waals surface area contributed by atoms with Gasteiger partial charge in [-0.2, -0.15) is 0 Å². The standard InChI is InChI=1S/C19H20N2O/c1-20-8-9-21-18-7-6-14(13-22)10-16(18)11-15-4-2-3-5-17(15)19(21)12-20/h2-7,10,13,19H,8-9,11-12H2,1H3. The summed E-state index contributed by atoms with van der Waals surface area (Å²) < 4.78 is 0. The van der Waals surface area contributed by atoms with Crippen molar-refractivity contribution in [2.45, 2.75) is 12.5 Å². The van der Waals surface area contributed by atoms with Crippen LogP contribution in [-0.4, -0.2) is 37.9 Å². The van der Waals surface area contributed by atoms with E-state index in [2.05, 4.69) is 53.2 Å². The molecule has 0 saturated carbocycles. The fraction of sp³-hybridized carbons (Fsp3) is 0.316. The zero-order valence-corrected chi connectivity index (χ0v) is 12.8. The third-order valence-corrected chi connectivity index (χ3v) is 4.93. The van der Waals surface area contributed by atoms with Crippen molar-refractivity contribution in [1.82, 2.24) is 4.90 Å². The number of likely N-dealkylation sites (N-methyl/N-ethyl adjacent to an activating group) is 1. The summed E-state index contributed by atoms with van der Waals surface area (Å²) in [6.45, 7) is 3.16. The monoisotopic (exact) mass is 292 g/mol. The molecule has 0 spiro atoms. The van der Waals surface area contributed by atoms with Crippen LogP contribution in [0.5, 0.6) is 0 Å². The molecular formula is C19H20N2O. The van der Waals surface area contributed by atoms with Crippen molar-refractivity contribution >= 4 is 12.0 Å². The Kier molecular flexibility index (Phi) is 3.23. The predicted molar refractivity (Wildman–Crippen MR) is 88.7 cm³/mol. The molecule has 2 heterocycles. The normalized spacial score (nSPS) is 20.6. The highest BCUT2D eigenvalue weighted by atomic mass is 16.1. The molecule has 1 fully saturated rings. The third-order valence-electron chi connectivity index (χ3n) is 4.93. The molecule has 3 heteroatoms. The largest absolute Gasteiger partial charge is 0.362 e. The highest BCUT2D eigenvalue weighted by Crippen LogP contribution is 2.39. The minimum atomic E-state index is 0.401. The lowest BCUT2D eigenvalue weighted by molar-refractivity contribution is 0.112. The molecular weight excluding hydrogens is 272 g/mol. The van der Waals surface area contributed by atoms with E-state index in [0.29, 0.717) is 6.04 Å². The van der Waals surface area contributed by atoms with Gasteiger partial charge in [0.25, 0.3) is 0 Å². The zero-order chi connectivity index (χ0) is 15.1. The van der Waals surface area contributed by atoms with E-state index >= 15 is 0 Å². The first-order valence-corrected chi connectivity index (χ1v) is 7.87. The Labute approximate surface area is 131 Å². The van der Waals surface area contributed by atoms with Crippen LogP contribution in [0.1, 0.15) is 33.1 Å². The van der Waals surface area contributed by atoms with Gasteiger partial charge in [-0.15, -0.1) is 0 Å². The molecule has 1 atom stereocenters.